The van der Waals surface area contributed by atoms with Crippen molar-refractivity contribution in [2.45, 2.75) is 18.9 Å². The molecule has 21 heavy (non-hydrogen) atoms. The van der Waals surface area contributed by atoms with Gasteiger partial charge in [-0.05, 0) is 48.9 Å². The Morgan fingerprint density at radius 3 is 2.43 bits per heavy atom. The van der Waals surface area contributed by atoms with Gasteiger partial charge in [-0.2, -0.15) is 0 Å². The second-order valence-electron chi connectivity index (χ2n) is 5.94. The standard InChI is InChI=1S/C16H20N2O3/c1-21-16(20)11-4-2-10(3-5-11)15(19)18-8-12-6-7-14(17)13(12)9-18/h2-5,12-14H,6-9,17H2,1H3/t12-,13+,14+/m0/s1. The maximum Gasteiger partial charge on any atom is 0.337 e. The van der Waals surface area contributed by atoms with Gasteiger partial charge >= 0.3 is 5.97 Å². The molecule has 2 N–H and O–H groups in total. The number of ether oxygens (including phenoxy) is 1. The molecule has 5 heteroatoms. The maximum absolute atomic E-state index is 12.5. The molecular weight excluding hydrogens is 268 g/mol. The Morgan fingerprint density at radius 2 is 1.81 bits per heavy atom. The van der Waals surface area contributed by atoms with Gasteiger partial charge in [0, 0.05) is 24.7 Å². The van der Waals surface area contributed by atoms with E-state index in [9.17, 15) is 9.59 Å². The first-order valence-electron chi connectivity index (χ1n) is 7.33. The lowest BCUT2D eigenvalue weighted by Gasteiger charge is -2.19. The zero-order valence-corrected chi connectivity index (χ0v) is 12.1. The molecule has 1 saturated carbocycles. The lowest BCUT2D eigenvalue weighted by Crippen LogP contribution is -2.33. The van der Waals surface area contributed by atoms with E-state index in [1.165, 1.54) is 7.11 Å². The van der Waals surface area contributed by atoms with Crippen LogP contribution in [0.3, 0.4) is 0 Å². The number of nitrogens with zero attached hydrogens (tertiary/aromatic N) is 1. The molecule has 0 radical (unpaired) electrons. The molecule has 112 valence electrons. The Morgan fingerprint density at radius 1 is 1.14 bits per heavy atom. The third kappa shape index (κ3) is 2.53. The Hall–Kier alpha value is -1.88. The Bertz CT molecular complexity index is 555. The predicted molar refractivity (Wildman–Crippen MR) is 77.9 cm³/mol. The van der Waals surface area contributed by atoms with Crippen molar-refractivity contribution in [3.8, 4) is 0 Å². The van der Waals surface area contributed by atoms with Crippen LogP contribution in [0.2, 0.25) is 0 Å². The average molecular weight is 288 g/mol. The van der Waals surface area contributed by atoms with Crippen LogP contribution in [0.1, 0.15) is 33.6 Å². The average Bonchev–Trinajstić information content (AvgIpc) is 3.08. The molecule has 2 aliphatic rings. The molecule has 1 aliphatic heterocycles. The fourth-order valence-corrected chi connectivity index (χ4v) is 3.52. The Balaban J connectivity index is 1.70. The van der Waals surface area contributed by atoms with Gasteiger partial charge in [0.25, 0.3) is 5.91 Å². The smallest absolute Gasteiger partial charge is 0.337 e. The number of carbonyl (C=O) groups excluding carboxylic acids is 2. The molecule has 1 heterocycles. The number of methoxy groups -OCH3 is 1. The summed E-state index contributed by atoms with van der Waals surface area (Å²) in [5, 5.41) is 0. The van der Waals surface area contributed by atoms with Crippen LogP contribution in [0.5, 0.6) is 0 Å². The number of hydrogen-bond acceptors (Lipinski definition) is 4. The van der Waals surface area contributed by atoms with Crippen LogP contribution in [0.4, 0.5) is 0 Å². The number of hydrogen-bond donors (Lipinski definition) is 1. The number of esters is 1. The van der Waals surface area contributed by atoms with Gasteiger partial charge in [-0.25, -0.2) is 4.79 Å². The molecule has 2 fully saturated rings. The van der Waals surface area contributed by atoms with E-state index < -0.39 is 5.97 Å². The maximum atomic E-state index is 12.5. The summed E-state index contributed by atoms with van der Waals surface area (Å²) in [4.78, 5) is 25.8. The van der Waals surface area contributed by atoms with E-state index in [0.717, 1.165) is 25.9 Å². The first-order chi connectivity index (χ1) is 10.1. The minimum Gasteiger partial charge on any atom is -0.465 e. The fourth-order valence-electron chi connectivity index (χ4n) is 3.52. The zero-order chi connectivity index (χ0) is 15.0. The van der Waals surface area contributed by atoms with Gasteiger partial charge in [-0.3, -0.25) is 4.79 Å². The van der Waals surface area contributed by atoms with E-state index in [4.69, 9.17) is 5.73 Å². The van der Waals surface area contributed by atoms with E-state index in [1.54, 1.807) is 24.3 Å². The van der Waals surface area contributed by atoms with Crippen molar-refractivity contribution in [1.29, 1.82) is 0 Å². The quantitative estimate of drug-likeness (QED) is 0.832. The Kier molecular flexibility index (Phi) is 3.68. The predicted octanol–water partition coefficient (Wildman–Crippen LogP) is 1.28. The van der Waals surface area contributed by atoms with Crippen molar-refractivity contribution in [1.82, 2.24) is 4.90 Å². The lowest BCUT2D eigenvalue weighted by atomic mass is 9.98. The Labute approximate surface area is 124 Å². The second-order valence-corrected chi connectivity index (χ2v) is 5.94. The van der Waals surface area contributed by atoms with Gasteiger partial charge < -0.3 is 15.4 Å². The summed E-state index contributed by atoms with van der Waals surface area (Å²) in [6.07, 6.45) is 2.20. The number of benzene rings is 1. The number of rotatable bonds is 2. The van der Waals surface area contributed by atoms with Crippen LogP contribution in [0, 0.1) is 11.8 Å². The second kappa shape index (κ2) is 5.48. The minimum atomic E-state index is -0.393. The van der Waals surface area contributed by atoms with Crippen LogP contribution < -0.4 is 5.73 Å². The van der Waals surface area contributed by atoms with Gasteiger partial charge in [0.15, 0.2) is 0 Å². The topological polar surface area (TPSA) is 72.6 Å². The van der Waals surface area contributed by atoms with Crippen LogP contribution in [0.25, 0.3) is 0 Å². The molecule has 1 aromatic rings. The molecule has 1 amide bonds. The van der Waals surface area contributed by atoms with Gasteiger partial charge in [0.1, 0.15) is 0 Å². The van der Waals surface area contributed by atoms with Crippen molar-refractivity contribution in [2.75, 3.05) is 20.2 Å². The van der Waals surface area contributed by atoms with Crippen molar-refractivity contribution in [2.24, 2.45) is 17.6 Å². The summed E-state index contributed by atoms with van der Waals surface area (Å²) in [7, 11) is 1.34. The summed E-state index contributed by atoms with van der Waals surface area (Å²) in [5.41, 5.74) is 7.16. The zero-order valence-electron chi connectivity index (χ0n) is 12.1. The van der Waals surface area contributed by atoms with E-state index in [0.29, 0.717) is 23.0 Å². The van der Waals surface area contributed by atoms with Gasteiger partial charge in [0.05, 0.1) is 12.7 Å². The summed E-state index contributed by atoms with van der Waals surface area (Å²) in [6.45, 7) is 1.55. The fraction of sp³-hybridized carbons (Fsp3) is 0.500. The molecule has 5 nitrogen and oxygen atoms in total. The molecule has 1 aliphatic carbocycles. The number of carbonyl (C=O) groups is 2. The normalized spacial score (nSPS) is 27.5. The summed E-state index contributed by atoms with van der Waals surface area (Å²) < 4.78 is 4.65. The van der Waals surface area contributed by atoms with Crippen molar-refractivity contribution < 1.29 is 14.3 Å². The van der Waals surface area contributed by atoms with Crippen LogP contribution in [-0.2, 0) is 4.74 Å². The summed E-state index contributed by atoms with van der Waals surface area (Å²) in [6, 6.07) is 6.85. The van der Waals surface area contributed by atoms with Crippen LogP contribution in [0.15, 0.2) is 24.3 Å². The molecule has 0 spiro atoms. The van der Waals surface area contributed by atoms with E-state index >= 15 is 0 Å². The van der Waals surface area contributed by atoms with E-state index in [2.05, 4.69) is 4.74 Å². The van der Waals surface area contributed by atoms with Crippen molar-refractivity contribution >= 4 is 11.9 Å². The summed E-state index contributed by atoms with van der Waals surface area (Å²) in [5.74, 6) is 0.630. The largest absolute Gasteiger partial charge is 0.465 e. The van der Waals surface area contributed by atoms with E-state index in [1.807, 2.05) is 4.90 Å². The molecule has 0 unspecified atom stereocenters. The van der Waals surface area contributed by atoms with Gasteiger partial charge in [-0.15, -0.1) is 0 Å². The molecule has 3 rings (SSSR count). The molecule has 1 aromatic carbocycles. The lowest BCUT2D eigenvalue weighted by molar-refractivity contribution is 0.0600. The number of fused-ring (bicyclic) bond motifs is 1. The highest BCUT2D eigenvalue weighted by molar-refractivity contribution is 5.96. The third-order valence-electron chi connectivity index (χ3n) is 4.75. The first kappa shape index (κ1) is 14.1. The monoisotopic (exact) mass is 288 g/mol. The molecule has 3 atom stereocenters. The van der Waals surface area contributed by atoms with Gasteiger partial charge in [-0.1, -0.05) is 0 Å². The highest BCUT2D eigenvalue weighted by Gasteiger charge is 2.42. The molecule has 1 saturated heterocycles. The van der Waals surface area contributed by atoms with Crippen molar-refractivity contribution in [3.05, 3.63) is 35.4 Å². The summed E-state index contributed by atoms with van der Waals surface area (Å²) >= 11 is 0. The first-order valence-corrected chi connectivity index (χ1v) is 7.33. The number of amides is 1. The van der Waals surface area contributed by atoms with Crippen LogP contribution in [-0.4, -0.2) is 43.0 Å². The molecular formula is C16H20N2O3. The van der Waals surface area contributed by atoms with E-state index in [-0.39, 0.29) is 11.9 Å². The highest BCUT2D eigenvalue weighted by atomic mass is 16.5. The highest BCUT2D eigenvalue weighted by Crippen LogP contribution is 2.37. The third-order valence-corrected chi connectivity index (χ3v) is 4.75. The minimum absolute atomic E-state index is 0.0213. The molecule has 0 bridgehead atoms. The van der Waals surface area contributed by atoms with Gasteiger partial charge in [0.2, 0.25) is 0 Å². The van der Waals surface area contributed by atoms with Crippen molar-refractivity contribution in [3.63, 3.8) is 0 Å². The number of likely N-dealkylation sites (tertiary alicyclic amines) is 1. The molecule has 0 aromatic heterocycles. The number of nitrogens with two attached hydrogens (primary N) is 1. The SMILES string of the molecule is COC(=O)c1ccc(C(=O)N2C[C@@H]3CC[C@@H](N)[C@@H]3C2)cc1. The van der Waals surface area contributed by atoms with Crippen LogP contribution >= 0.6 is 0 Å².